The van der Waals surface area contributed by atoms with Gasteiger partial charge in [-0.2, -0.15) is 0 Å². The van der Waals surface area contributed by atoms with E-state index >= 15 is 0 Å². The minimum atomic E-state index is -1.53. The molecule has 0 amide bonds. The highest BCUT2D eigenvalue weighted by Crippen LogP contribution is 2.51. The van der Waals surface area contributed by atoms with Crippen LogP contribution in [0.25, 0.3) is 0 Å². The zero-order chi connectivity index (χ0) is 17.4. The van der Waals surface area contributed by atoms with Crippen molar-refractivity contribution in [3.63, 3.8) is 0 Å². The number of benzene rings is 3. The molecule has 3 rings (SSSR count). The first-order valence-electron chi connectivity index (χ1n) is 7.78. The van der Waals surface area contributed by atoms with E-state index in [1.54, 1.807) is 0 Å². The number of carboxylic acids is 1. The van der Waals surface area contributed by atoms with Gasteiger partial charge < -0.3 is 5.11 Å². The van der Waals surface area contributed by atoms with Crippen molar-refractivity contribution < 1.29 is 9.90 Å². The summed E-state index contributed by atoms with van der Waals surface area (Å²) in [5.41, 5.74) is 0. The summed E-state index contributed by atoms with van der Waals surface area (Å²) in [6, 6.07) is 32.6. The van der Waals surface area contributed by atoms with E-state index in [0.29, 0.717) is 0 Å². The average Bonchev–Trinajstić information content (AvgIpc) is 2.63. The number of halogens is 1. The van der Waals surface area contributed by atoms with Gasteiger partial charge in [-0.3, -0.25) is 4.79 Å². The van der Waals surface area contributed by atoms with Crippen molar-refractivity contribution in [2.45, 2.75) is 6.92 Å². The highest BCUT2D eigenvalue weighted by atomic mass is 35.5. The molecule has 0 saturated heterocycles. The standard InChI is InChI=1S/C19H18P.C2H4O2.ClH/c1-20(17-11-5-2-6-12-17,18-13-7-3-8-14-18)19-15-9-4-10-16-19;1-2(3)4;/h2-16H,1H3;1H3,(H,3,4);1H/q+1;;. The molecule has 0 fully saturated rings. The molecule has 0 radical (unpaired) electrons. The van der Waals surface area contributed by atoms with Gasteiger partial charge in [-0.05, 0) is 36.4 Å². The van der Waals surface area contributed by atoms with Gasteiger partial charge in [0.25, 0.3) is 5.97 Å². The van der Waals surface area contributed by atoms with E-state index in [1.807, 2.05) is 0 Å². The molecule has 0 aliphatic rings. The van der Waals surface area contributed by atoms with Crippen molar-refractivity contribution in [2.24, 2.45) is 0 Å². The molecule has 2 nitrogen and oxygen atoms in total. The highest BCUT2D eigenvalue weighted by molar-refractivity contribution is 7.95. The summed E-state index contributed by atoms with van der Waals surface area (Å²) in [5, 5.41) is 11.7. The van der Waals surface area contributed by atoms with Crippen LogP contribution in [0.4, 0.5) is 0 Å². The van der Waals surface area contributed by atoms with E-state index in [9.17, 15) is 0 Å². The van der Waals surface area contributed by atoms with E-state index in [-0.39, 0.29) is 12.4 Å². The molecule has 0 aliphatic heterocycles. The van der Waals surface area contributed by atoms with Crippen LogP contribution in [0.3, 0.4) is 0 Å². The van der Waals surface area contributed by atoms with Crippen LogP contribution < -0.4 is 15.9 Å². The van der Waals surface area contributed by atoms with Gasteiger partial charge in [0, 0.05) is 6.92 Å². The van der Waals surface area contributed by atoms with Crippen molar-refractivity contribution >= 4 is 41.6 Å². The Bertz CT molecular complexity index is 661. The molecule has 0 aliphatic carbocycles. The Hall–Kier alpha value is -2.15. The molecule has 0 unspecified atom stereocenters. The maximum Gasteiger partial charge on any atom is 0.300 e. The van der Waals surface area contributed by atoms with E-state index in [0.717, 1.165) is 6.92 Å². The fourth-order valence-electron chi connectivity index (χ4n) is 2.63. The summed E-state index contributed by atoms with van der Waals surface area (Å²) in [4.78, 5) is 9.00. The number of hydrogen-bond acceptors (Lipinski definition) is 1. The first kappa shape index (κ1) is 20.9. The Morgan fingerprint density at radius 3 is 1.08 bits per heavy atom. The molecular weight excluding hydrogens is 351 g/mol. The normalized spacial score (nSPS) is 10.0. The minimum absolute atomic E-state index is 0. The highest BCUT2D eigenvalue weighted by Gasteiger charge is 2.39. The molecule has 0 bridgehead atoms. The lowest BCUT2D eigenvalue weighted by molar-refractivity contribution is -0.134. The largest absolute Gasteiger partial charge is 0.481 e. The first-order chi connectivity index (χ1) is 11.5. The Morgan fingerprint density at radius 2 is 0.880 bits per heavy atom. The first-order valence-corrected chi connectivity index (χ1v) is 10.0. The second kappa shape index (κ2) is 9.98. The Labute approximate surface area is 156 Å². The van der Waals surface area contributed by atoms with Crippen LogP contribution in [0.15, 0.2) is 91.0 Å². The molecule has 4 heteroatoms. The molecule has 1 N–H and O–H groups in total. The van der Waals surface area contributed by atoms with Crippen LogP contribution in [0, 0.1) is 0 Å². The summed E-state index contributed by atoms with van der Waals surface area (Å²) in [5.74, 6) is -0.833. The number of carbonyl (C=O) groups is 1. The van der Waals surface area contributed by atoms with Gasteiger partial charge in [0.1, 0.15) is 23.2 Å². The zero-order valence-corrected chi connectivity index (χ0v) is 16.1. The summed E-state index contributed by atoms with van der Waals surface area (Å²) in [6.07, 6.45) is 0. The third-order valence-corrected chi connectivity index (χ3v) is 7.81. The number of rotatable bonds is 3. The Kier molecular flexibility index (Phi) is 8.34. The third-order valence-electron chi connectivity index (χ3n) is 3.82. The molecule has 3 aromatic carbocycles. The Morgan fingerprint density at radius 1 is 0.680 bits per heavy atom. The second-order valence-electron chi connectivity index (χ2n) is 5.53. The van der Waals surface area contributed by atoms with E-state index in [1.165, 1.54) is 15.9 Å². The van der Waals surface area contributed by atoms with Gasteiger partial charge in [-0.15, -0.1) is 12.4 Å². The van der Waals surface area contributed by atoms with Crippen LogP contribution in [0.1, 0.15) is 6.92 Å². The molecular formula is C21H23ClO2P+. The number of hydrogen-bond donors (Lipinski definition) is 1. The predicted molar refractivity (Wildman–Crippen MR) is 112 cm³/mol. The monoisotopic (exact) mass is 373 g/mol. The van der Waals surface area contributed by atoms with Crippen molar-refractivity contribution in [2.75, 3.05) is 6.66 Å². The number of carboxylic acid groups (broad SMARTS) is 1. The van der Waals surface area contributed by atoms with Crippen LogP contribution in [0.5, 0.6) is 0 Å². The second-order valence-corrected chi connectivity index (χ2v) is 9.09. The van der Waals surface area contributed by atoms with Crippen LogP contribution in [-0.4, -0.2) is 17.7 Å². The van der Waals surface area contributed by atoms with Crippen molar-refractivity contribution in [3.8, 4) is 0 Å². The van der Waals surface area contributed by atoms with Crippen molar-refractivity contribution in [1.29, 1.82) is 0 Å². The van der Waals surface area contributed by atoms with Crippen molar-refractivity contribution in [3.05, 3.63) is 91.0 Å². The van der Waals surface area contributed by atoms with Gasteiger partial charge in [0.2, 0.25) is 0 Å². The summed E-state index contributed by atoms with van der Waals surface area (Å²) < 4.78 is 0. The smallest absolute Gasteiger partial charge is 0.300 e. The molecule has 0 heterocycles. The SMILES string of the molecule is CC(=O)O.C[P+](c1ccccc1)(c1ccccc1)c1ccccc1.Cl. The Balaban J connectivity index is 0.000000568. The van der Waals surface area contributed by atoms with Gasteiger partial charge in [0.05, 0.1) is 6.66 Å². The van der Waals surface area contributed by atoms with Crippen molar-refractivity contribution in [1.82, 2.24) is 0 Å². The summed E-state index contributed by atoms with van der Waals surface area (Å²) in [6.45, 7) is 3.49. The van der Waals surface area contributed by atoms with E-state index in [4.69, 9.17) is 9.90 Å². The molecule has 0 saturated carbocycles. The molecule has 25 heavy (non-hydrogen) atoms. The molecule has 0 aromatic heterocycles. The lowest BCUT2D eigenvalue weighted by atomic mass is 10.4. The summed E-state index contributed by atoms with van der Waals surface area (Å²) in [7, 11) is -1.53. The minimum Gasteiger partial charge on any atom is -0.481 e. The van der Waals surface area contributed by atoms with Crippen LogP contribution in [0.2, 0.25) is 0 Å². The van der Waals surface area contributed by atoms with Gasteiger partial charge >= 0.3 is 0 Å². The van der Waals surface area contributed by atoms with Crippen LogP contribution >= 0.6 is 19.7 Å². The average molecular weight is 374 g/mol. The molecule has 0 spiro atoms. The summed E-state index contributed by atoms with van der Waals surface area (Å²) >= 11 is 0. The molecule has 3 aromatic rings. The predicted octanol–water partition coefficient (Wildman–Crippen LogP) is 4.12. The van der Waals surface area contributed by atoms with Crippen LogP contribution in [-0.2, 0) is 4.79 Å². The lowest BCUT2D eigenvalue weighted by Gasteiger charge is -2.22. The zero-order valence-electron chi connectivity index (χ0n) is 14.4. The fraction of sp³-hybridized carbons (Fsp3) is 0.0952. The fourth-order valence-corrected chi connectivity index (χ4v) is 5.83. The maximum atomic E-state index is 9.00. The van der Waals surface area contributed by atoms with Gasteiger partial charge in [-0.25, -0.2) is 0 Å². The van der Waals surface area contributed by atoms with Gasteiger partial charge in [-0.1, -0.05) is 54.6 Å². The number of aliphatic carboxylic acids is 1. The quantitative estimate of drug-likeness (QED) is 0.701. The van der Waals surface area contributed by atoms with Gasteiger partial charge in [0.15, 0.2) is 0 Å². The van der Waals surface area contributed by atoms with E-state index in [2.05, 4.69) is 97.7 Å². The topological polar surface area (TPSA) is 37.3 Å². The molecule has 130 valence electrons. The maximum absolute atomic E-state index is 9.00. The lowest BCUT2D eigenvalue weighted by Crippen LogP contribution is -2.30. The molecule has 0 atom stereocenters. The van der Waals surface area contributed by atoms with E-state index < -0.39 is 13.2 Å². The third kappa shape index (κ3) is 5.42.